The molecule has 0 aliphatic rings. The summed E-state index contributed by atoms with van der Waals surface area (Å²) in [6.07, 6.45) is 3.87. The number of sulfonamides is 1. The lowest BCUT2D eigenvalue weighted by molar-refractivity contribution is -0.385. The van der Waals surface area contributed by atoms with Gasteiger partial charge in [0.1, 0.15) is 12.7 Å². The summed E-state index contributed by atoms with van der Waals surface area (Å²) in [7, 11) is -2.67. The van der Waals surface area contributed by atoms with Crippen LogP contribution >= 0.6 is 0 Å². The Morgan fingerprint density at radius 1 is 1.23 bits per heavy atom. The van der Waals surface area contributed by atoms with Gasteiger partial charge < -0.3 is 10.1 Å². The maximum Gasteiger partial charge on any atom is 0.350 e. The number of nitrogens with one attached hydrogen (secondary N) is 2. The Morgan fingerprint density at radius 2 is 1.90 bits per heavy atom. The zero-order valence-corrected chi connectivity index (χ0v) is 16.2. The van der Waals surface area contributed by atoms with E-state index in [0.717, 1.165) is 10.9 Å². The van der Waals surface area contributed by atoms with Gasteiger partial charge in [0.25, 0.3) is 10.0 Å². The van der Waals surface area contributed by atoms with Crippen LogP contribution in [0.2, 0.25) is 0 Å². The van der Waals surface area contributed by atoms with Crippen molar-refractivity contribution in [3.8, 4) is 5.88 Å². The van der Waals surface area contributed by atoms with E-state index in [1.54, 1.807) is 6.07 Å². The van der Waals surface area contributed by atoms with Crippen LogP contribution in [0.5, 0.6) is 5.88 Å². The van der Waals surface area contributed by atoms with Gasteiger partial charge in [-0.05, 0) is 30.3 Å². The molecule has 1 amide bonds. The fourth-order valence-corrected chi connectivity index (χ4v) is 3.30. The maximum atomic E-state index is 12.3. The number of ether oxygens (including phenoxy) is 1. The Hall–Kier alpha value is -4.07. The zero-order chi connectivity index (χ0) is 21.7. The van der Waals surface area contributed by atoms with Crippen molar-refractivity contribution in [2.45, 2.75) is 11.4 Å². The highest BCUT2D eigenvalue weighted by molar-refractivity contribution is 7.92. The van der Waals surface area contributed by atoms with E-state index in [1.165, 1.54) is 43.8 Å². The summed E-state index contributed by atoms with van der Waals surface area (Å²) in [4.78, 5) is 29.9. The predicted molar refractivity (Wildman–Crippen MR) is 103 cm³/mol. The largest absolute Gasteiger partial charge is 0.475 e. The van der Waals surface area contributed by atoms with Gasteiger partial charge in [-0.2, -0.15) is 0 Å². The number of amides is 1. The molecule has 30 heavy (non-hydrogen) atoms. The Morgan fingerprint density at radius 3 is 2.47 bits per heavy atom. The van der Waals surface area contributed by atoms with Crippen molar-refractivity contribution in [3.63, 3.8) is 0 Å². The fraction of sp³-hybridized carbons (Fsp3) is 0.125. The number of carbonyl (C=O) groups is 1. The van der Waals surface area contributed by atoms with Crippen molar-refractivity contribution in [1.29, 1.82) is 0 Å². The van der Waals surface area contributed by atoms with Crippen molar-refractivity contribution in [3.05, 3.63) is 59.0 Å². The third-order valence-electron chi connectivity index (χ3n) is 3.65. The lowest BCUT2D eigenvalue weighted by Gasteiger charge is -2.08. The second-order valence-electron chi connectivity index (χ2n) is 5.73. The lowest BCUT2D eigenvalue weighted by Crippen LogP contribution is -2.19. The number of hydrogen-bond donors (Lipinski definition) is 2. The first-order valence-electron chi connectivity index (χ1n) is 8.24. The summed E-state index contributed by atoms with van der Waals surface area (Å²) in [6, 6.07) is 6.92. The van der Waals surface area contributed by atoms with Crippen molar-refractivity contribution in [1.82, 2.24) is 19.7 Å². The van der Waals surface area contributed by atoms with E-state index < -0.39 is 20.9 Å². The minimum atomic E-state index is -3.90. The molecule has 0 spiro atoms. The predicted octanol–water partition coefficient (Wildman–Crippen LogP) is 1.03. The van der Waals surface area contributed by atoms with Crippen LogP contribution in [0.1, 0.15) is 0 Å². The normalized spacial score (nSPS) is 11.0. The summed E-state index contributed by atoms with van der Waals surface area (Å²) in [5, 5.41) is 17.3. The van der Waals surface area contributed by atoms with Crippen LogP contribution in [0.4, 0.5) is 17.3 Å². The molecule has 0 fully saturated rings. The Balaban J connectivity index is 1.65. The van der Waals surface area contributed by atoms with Gasteiger partial charge in [0.05, 0.1) is 16.9 Å². The minimum absolute atomic E-state index is 0.0552. The third kappa shape index (κ3) is 4.85. The number of methoxy groups -OCH3 is 1. The molecule has 0 aliphatic carbocycles. The first-order chi connectivity index (χ1) is 14.3. The van der Waals surface area contributed by atoms with E-state index in [0.29, 0.717) is 5.69 Å². The van der Waals surface area contributed by atoms with Crippen LogP contribution in [0.25, 0.3) is 0 Å². The van der Waals surface area contributed by atoms with Gasteiger partial charge >= 0.3 is 11.6 Å². The molecule has 0 atom stereocenters. The topological polar surface area (TPSA) is 171 Å². The van der Waals surface area contributed by atoms with Gasteiger partial charge in [0.15, 0.2) is 0 Å². The Labute approximate surface area is 169 Å². The molecule has 0 unspecified atom stereocenters. The van der Waals surface area contributed by atoms with Crippen molar-refractivity contribution in [2.75, 3.05) is 17.1 Å². The molecule has 14 heteroatoms. The van der Waals surface area contributed by atoms with Crippen LogP contribution in [0.15, 0.2) is 53.8 Å². The molecule has 2 heterocycles. The van der Waals surface area contributed by atoms with E-state index in [2.05, 4.69) is 25.1 Å². The summed E-state index contributed by atoms with van der Waals surface area (Å²) < 4.78 is 32.8. The molecule has 3 rings (SSSR count). The summed E-state index contributed by atoms with van der Waals surface area (Å²) in [6.45, 7) is -0.308. The second-order valence-corrected chi connectivity index (χ2v) is 7.41. The van der Waals surface area contributed by atoms with Crippen LogP contribution in [-0.4, -0.2) is 46.1 Å². The molecule has 2 aromatic heterocycles. The highest BCUT2D eigenvalue weighted by Gasteiger charge is 2.21. The van der Waals surface area contributed by atoms with Crippen LogP contribution < -0.4 is 14.8 Å². The molecule has 0 saturated carbocycles. The standard InChI is InChI=1S/C16H15N7O6S/c1-29-15-13(23(25)26)9-22(20-15)10-14(24)19-11-3-5-12(6-4-11)30(27,28)21-16-17-7-2-8-18-16/h2-9H,10H2,1H3,(H,19,24)(H,17,18,21). The van der Waals surface area contributed by atoms with Crippen molar-refractivity contribution < 1.29 is 22.9 Å². The number of carbonyl (C=O) groups excluding carboxylic acids is 1. The number of nitro groups is 1. The molecule has 156 valence electrons. The van der Waals surface area contributed by atoms with Crippen LogP contribution in [0.3, 0.4) is 0 Å². The Bertz CT molecular complexity index is 1160. The van der Waals surface area contributed by atoms with Crippen LogP contribution in [-0.2, 0) is 21.4 Å². The molecule has 1 aromatic carbocycles. The monoisotopic (exact) mass is 433 g/mol. The highest BCUT2D eigenvalue weighted by Crippen LogP contribution is 2.24. The van der Waals surface area contributed by atoms with Gasteiger partial charge in [-0.3, -0.25) is 19.6 Å². The van der Waals surface area contributed by atoms with Gasteiger partial charge in [0.2, 0.25) is 11.9 Å². The molecule has 0 aliphatic heterocycles. The fourth-order valence-electron chi connectivity index (χ4n) is 2.34. The smallest absolute Gasteiger partial charge is 0.350 e. The summed E-state index contributed by atoms with van der Waals surface area (Å²) >= 11 is 0. The van der Waals surface area contributed by atoms with Gasteiger partial charge in [-0.15, -0.1) is 5.10 Å². The van der Waals surface area contributed by atoms with Gasteiger partial charge in [0, 0.05) is 18.1 Å². The number of nitrogens with zero attached hydrogens (tertiary/aromatic N) is 5. The molecule has 0 bridgehead atoms. The highest BCUT2D eigenvalue weighted by atomic mass is 32.2. The van der Waals surface area contributed by atoms with Gasteiger partial charge in [-0.25, -0.2) is 23.1 Å². The molecular weight excluding hydrogens is 418 g/mol. The van der Waals surface area contributed by atoms with Crippen molar-refractivity contribution in [2.24, 2.45) is 0 Å². The first kappa shape index (κ1) is 20.7. The van der Waals surface area contributed by atoms with Gasteiger partial charge in [-0.1, -0.05) is 0 Å². The lowest BCUT2D eigenvalue weighted by atomic mass is 10.3. The average molecular weight is 433 g/mol. The molecule has 3 aromatic rings. The average Bonchev–Trinajstić information content (AvgIpc) is 3.12. The number of aromatic nitrogens is 4. The second kappa shape index (κ2) is 8.52. The number of anilines is 2. The van der Waals surface area contributed by atoms with E-state index in [1.807, 2.05) is 0 Å². The third-order valence-corrected chi connectivity index (χ3v) is 4.99. The number of benzene rings is 1. The molecular formula is C16H15N7O6S. The number of hydrogen-bond acceptors (Lipinski definition) is 9. The summed E-state index contributed by atoms with van der Waals surface area (Å²) in [5.74, 6) is -0.808. The van der Waals surface area contributed by atoms with E-state index in [9.17, 15) is 23.3 Å². The summed E-state index contributed by atoms with van der Waals surface area (Å²) in [5.41, 5.74) is -0.0433. The minimum Gasteiger partial charge on any atom is -0.475 e. The van der Waals surface area contributed by atoms with Crippen LogP contribution in [0, 0.1) is 10.1 Å². The Kier molecular flexibility index (Phi) is 5.87. The molecule has 2 N–H and O–H groups in total. The quantitative estimate of drug-likeness (QED) is 0.389. The first-order valence-corrected chi connectivity index (χ1v) is 9.72. The molecule has 0 radical (unpaired) electrons. The molecule has 13 nitrogen and oxygen atoms in total. The zero-order valence-electron chi connectivity index (χ0n) is 15.4. The number of rotatable bonds is 8. The molecule has 0 saturated heterocycles. The van der Waals surface area contributed by atoms with E-state index in [-0.39, 0.29) is 29.0 Å². The van der Waals surface area contributed by atoms with E-state index in [4.69, 9.17) is 4.74 Å². The maximum absolute atomic E-state index is 12.3. The van der Waals surface area contributed by atoms with E-state index >= 15 is 0 Å². The SMILES string of the molecule is COc1nn(CC(=O)Nc2ccc(S(=O)(=O)Nc3ncccn3)cc2)cc1[N+](=O)[O-]. The van der Waals surface area contributed by atoms with Crippen molar-refractivity contribution >= 4 is 33.3 Å².